The fourth-order valence-electron chi connectivity index (χ4n) is 4.32. The van der Waals surface area contributed by atoms with Crippen LogP contribution in [0.3, 0.4) is 0 Å². The van der Waals surface area contributed by atoms with Crippen molar-refractivity contribution in [1.29, 1.82) is 0 Å². The summed E-state index contributed by atoms with van der Waals surface area (Å²) in [7, 11) is -3.90. The Morgan fingerprint density at radius 3 is 2.67 bits per heavy atom. The molecule has 1 fully saturated rings. The minimum atomic E-state index is -3.90. The van der Waals surface area contributed by atoms with Crippen molar-refractivity contribution >= 4 is 21.6 Å². The third-order valence-corrected chi connectivity index (χ3v) is 7.26. The van der Waals surface area contributed by atoms with E-state index in [0.29, 0.717) is 24.4 Å². The topological polar surface area (TPSA) is 114 Å². The van der Waals surface area contributed by atoms with Crippen LogP contribution in [0.2, 0.25) is 0 Å². The average Bonchev–Trinajstić information content (AvgIpc) is 3.15. The molecule has 4 atom stereocenters. The zero-order valence-corrected chi connectivity index (χ0v) is 19.0. The van der Waals surface area contributed by atoms with Gasteiger partial charge in [0.2, 0.25) is 5.91 Å². The molecule has 3 N–H and O–H groups in total. The van der Waals surface area contributed by atoms with Crippen LogP contribution in [0.25, 0.3) is 0 Å². The Bertz CT molecular complexity index is 1110. The van der Waals surface area contributed by atoms with Gasteiger partial charge in [0.05, 0.1) is 24.0 Å². The maximum absolute atomic E-state index is 13.2. The lowest BCUT2D eigenvalue weighted by molar-refractivity contribution is -0.142. The van der Waals surface area contributed by atoms with Crippen LogP contribution in [0.15, 0.2) is 47.4 Å². The number of hydrogen-bond donors (Lipinski definition) is 3. The van der Waals surface area contributed by atoms with E-state index < -0.39 is 34.2 Å². The number of carbonyl (C=O) groups is 1. The fraction of sp³-hybridized carbons (Fsp3) is 0.435. The smallest absolute Gasteiger partial charge is 0.261 e. The predicted octanol–water partition coefficient (Wildman–Crippen LogP) is 2.54. The molecule has 0 radical (unpaired) electrons. The SMILES string of the molecule is CCCNC(=O)C[C@@H]1C[C@@H]2c3cc(NS(=O)(=O)c4ccc(F)cc4)ccc3O[C@@H]2[C@H](CO)O1. The van der Waals surface area contributed by atoms with Gasteiger partial charge in [-0.3, -0.25) is 9.52 Å². The van der Waals surface area contributed by atoms with Crippen molar-refractivity contribution in [2.45, 2.75) is 55.3 Å². The van der Waals surface area contributed by atoms with Gasteiger partial charge in [-0.05, 0) is 55.3 Å². The summed E-state index contributed by atoms with van der Waals surface area (Å²) in [6.45, 7) is 2.30. The van der Waals surface area contributed by atoms with Crippen LogP contribution in [-0.4, -0.2) is 50.9 Å². The van der Waals surface area contributed by atoms with E-state index in [1.807, 2.05) is 6.92 Å². The van der Waals surface area contributed by atoms with Crippen molar-refractivity contribution in [2.75, 3.05) is 17.9 Å². The summed E-state index contributed by atoms with van der Waals surface area (Å²) in [4.78, 5) is 12.1. The number of sulfonamides is 1. The van der Waals surface area contributed by atoms with Gasteiger partial charge in [-0.15, -0.1) is 0 Å². The Morgan fingerprint density at radius 2 is 1.97 bits per heavy atom. The Kier molecular flexibility index (Phi) is 6.87. The molecule has 1 saturated heterocycles. The first kappa shape index (κ1) is 23.5. The van der Waals surface area contributed by atoms with E-state index in [-0.39, 0.29) is 29.7 Å². The second-order valence-electron chi connectivity index (χ2n) is 8.27. The van der Waals surface area contributed by atoms with Gasteiger partial charge in [-0.2, -0.15) is 0 Å². The Balaban J connectivity index is 1.53. The summed E-state index contributed by atoms with van der Waals surface area (Å²) >= 11 is 0. The van der Waals surface area contributed by atoms with Crippen molar-refractivity contribution in [3.05, 3.63) is 53.8 Å². The second-order valence-corrected chi connectivity index (χ2v) is 9.95. The first-order chi connectivity index (χ1) is 15.8. The zero-order chi connectivity index (χ0) is 23.6. The molecule has 0 unspecified atom stereocenters. The third-order valence-electron chi connectivity index (χ3n) is 5.86. The van der Waals surface area contributed by atoms with Crippen LogP contribution in [0, 0.1) is 5.82 Å². The number of amides is 1. The molecule has 0 spiro atoms. The quantitative estimate of drug-likeness (QED) is 0.537. The largest absolute Gasteiger partial charge is 0.487 e. The Labute approximate surface area is 192 Å². The summed E-state index contributed by atoms with van der Waals surface area (Å²) in [5, 5.41) is 12.7. The molecule has 178 valence electrons. The molecule has 8 nitrogen and oxygen atoms in total. The molecule has 2 aliphatic heterocycles. The molecule has 10 heteroatoms. The number of aliphatic hydroxyl groups excluding tert-OH is 1. The molecule has 33 heavy (non-hydrogen) atoms. The summed E-state index contributed by atoms with van der Waals surface area (Å²) in [6.07, 6.45) is 0.0881. The van der Waals surface area contributed by atoms with Crippen molar-refractivity contribution in [3.63, 3.8) is 0 Å². The highest BCUT2D eigenvalue weighted by Gasteiger charge is 2.46. The van der Waals surface area contributed by atoms with E-state index in [1.54, 1.807) is 18.2 Å². The lowest BCUT2D eigenvalue weighted by Gasteiger charge is -2.37. The third kappa shape index (κ3) is 5.13. The van der Waals surface area contributed by atoms with Gasteiger partial charge in [0, 0.05) is 23.7 Å². The van der Waals surface area contributed by atoms with Gasteiger partial charge in [0.1, 0.15) is 23.8 Å². The molecule has 0 aromatic heterocycles. The molecule has 4 rings (SSSR count). The highest BCUT2D eigenvalue weighted by molar-refractivity contribution is 7.92. The number of halogens is 1. The number of hydrogen-bond acceptors (Lipinski definition) is 6. The lowest BCUT2D eigenvalue weighted by atomic mass is 9.84. The molecule has 2 aromatic carbocycles. The van der Waals surface area contributed by atoms with Gasteiger partial charge in [0.15, 0.2) is 0 Å². The summed E-state index contributed by atoms with van der Waals surface area (Å²) in [6, 6.07) is 9.53. The minimum Gasteiger partial charge on any atom is -0.487 e. The molecule has 0 saturated carbocycles. The average molecular weight is 479 g/mol. The van der Waals surface area contributed by atoms with Crippen molar-refractivity contribution in [1.82, 2.24) is 5.32 Å². The van der Waals surface area contributed by atoms with Crippen molar-refractivity contribution in [3.8, 4) is 5.75 Å². The highest BCUT2D eigenvalue weighted by Crippen LogP contribution is 2.47. The minimum absolute atomic E-state index is 0.0527. The zero-order valence-electron chi connectivity index (χ0n) is 18.2. The lowest BCUT2D eigenvalue weighted by Crippen LogP contribution is -2.47. The first-order valence-corrected chi connectivity index (χ1v) is 12.4. The molecule has 2 aliphatic rings. The Morgan fingerprint density at radius 1 is 1.21 bits per heavy atom. The first-order valence-electron chi connectivity index (χ1n) is 10.9. The molecular formula is C23H27FN2O6S. The van der Waals surface area contributed by atoms with Crippen molar-refractivity contribution in [2.24, 2.45) is 0 Å². The van der Waals surface area contributed by atoms with E-state index in [1.165, 1.54) is 12.1 Å². The van der Waals surface area contributed by atoms with Gasteiger partial charge in [0.25, 0.3) is 10.0 Å². The van der Waals surface area contributed by atoms with Gasteiger partial charge in [-0.25, -0.2) is 12.8 Å². The summed E-state index contributed by atoms with van der Waals surface area (Å²) in [5.74, 6) is -0.208. The van der Waals surface area contributed by atoms with Crippen LogP contribution in [0.4, 0.5) is 10.1 Å². The molecular weight excluding hydrogens is 451 g/mol. The second kappa shape index (κ2) is 9.66. The van der Waals surface area contributed by atoms with Gasteiger partial charge < -0.3 is 19.9 Å². The fourth-order valence-corrected chi connectivity index (χ4v) is 5.37. The van der Waals surface area contributed by atoms with Crippen LogP contribution in [0.5, 0.6) is 5.75 Å². The summed E-state index contributed by atoms with van der Waals surface area (Å²) < 4.78 is 53.0. The van der Waals surface area contributed by atoms with E-state index in [2.05, 4.69) is 10.0 Å². The maximum Gasteiger partial charge on any atom is 0.261 e. The van der Waals surface area contributed by atoms with Crippen molar-refractivity contribution < 1.29 is 32.2 Å². The highest BCUT2D eigenvalue weighted by atomic mass is 32.2. The molecule has 0 bridgehead atoms. The van der Waals surface area contributed by atoms with E-state index in [0.717, 1.165) is 24.1 Å². The van der Waals surface area contributed by atoms with Gasteiger partial charge in [-0.1, -0.05) is 6.92 Å². The summed E-state index contributed by atoms with van der Waals surface area (Å²) in [5.41, 5.74) is 1.13. The molecule has 2 heterocycles. The van der Waals surface area contributed by atoms with E-state index in [9.17, 15) is 22.7 Å². The predicted molar refractivity (Wildman–Crippen MR) is 119 cm³/mol. The van der Waals surface area contributed by atoms with E-state index >= 15 is 0 Å². The van der Waals surface area contributed by atoms with Crippen LogP contribution in [-0.2, 0) is 19.6 Å². The number of rotatable bonds is 8. The number of aliphatic hydroxyl groups is 1. The molecule has 0 aliphatic carbocycles. The number of ether oxygens (including phenoxy) is 2. The van der Waals surface area contributed by atoms with Gasteiger partial charge >= 0.3 is 0 Å². The standard InChI is InChI=1S/C23H27FN2O6S/c1-2-9-25-22(28)12-16-11-19-18-10-15(5-8-20(18)32-23(19)21(13-27)31-16)26-33(29,30)17-6-3-14(24)4-7-17/h3-8,10,16,19,21,23,26-27H,2,9,11-13H2,1H3,(H,25,28)/t16-,19+,21-,23-/m0/s1. The van der Waals surface area contributed by atoms with Crippen LogP contribution >= 0.6 is 0 Å². The number of benzene rings is 2. The van der Waals surface area contributed by atoms with E-state index in [4.69, 9.17) is 9.47 Å². The number of fused-ring (bicyclic) bond motifs is 3. The van der Waals surface area contributed by atoms with Crippen LogP contribution < -0.4 is 14.8 Å². The number of nitrogens with one attached hydrogen (secondary N) is 2. The monoisotopic (exact) mass is 478 g/mol. The Hall–Kier alpha value is -2.69. The molecule has 1 amide bonds. The number of anilines is 1. The maximum atomic E-state index is 13.2. The van der Waals surface area contributed by atoms with Crippen LogP contribution in [0.1, 0.15) is 37.7 Å². The number of carbonyl (C=O) groups excluding carboxylic acids is 1. The normalized spacial score (nSPS) is 23.8. The molecule has 2 aromatic rings.